The lowest BCUT2D eigenvalue weighted by atomic mass is 10.1. The summed E-state index contributed by atoms with van der Waals surface area (Å²) in [5, 5.41) is 5.49. The molecule has 0 bridgehead atoms. The second-order valence-corrected chi connectivity index (χ2v) is 5.52. The minimum Gasteiger partial charge on any atom is -0.484 e. The van der Waals surface area contributed by atoms with Gasteiger partial charge in [-0.15, -0.1) is 0 Å². The maximum atomic E-state index is 12.0. The topological polar surface area (TPSA) is 67.4 Å². The number of carbonyl (C=O) groups excluding carboxylic acids is 2. The fraction of sp³-hybridized carbons (Fsp3) is 0.263. The Kier molecular flexibility index (Phi) is 6.37. The molecule has 5 nitrogen and oxygen atoms in total. The van der Waals surface area contributed by atoms with E-state index in [1.54, 1.807) is 6.07 Å². The zero-order chi connectivity index (χ0) is 17.4. The largest absolute Gasteiger partial charge is 0.484 e. The van der Waals surface area contributed by atoms with Crippen LogP contribution in [0.15, 0.2) is 48.5 Å². The fourth-order valence-corrected chi connectivity index (χ4v) is 2.14. The molecule has 2 aromatic rings. The van der Waals surface area contributed by atoms with Crippen LogP contribution >= 0.6 is 0 Å². The molecule has 0 atom stereocenters. The Bertz CT molecular complexity index is 696. The maximum absolute atomic E-state index is 12.0. The van der Waals surface area contributed by atoms with Gasteiger partial charge in [-0.25, -0.2) is 0 Å². The molecular formula is C19H22N2O3. The minimum atomic E-state index is -0.222. The number of hydrogen-bond acceptors (Lipinski definition) is 3. The van der Waals surface area contributed by atoms with Crippen molar-refractivity contribution in [3.8, 4) is 5.75 Å². The van der Waals surface area contributed by atoms with E-state index >= 15 is 0 Å². The molecule has 5 heteroatoms. The zero-order valence-corrected chi connectivity index (χ0v) is 14.0. The van der Waals surface area contributed by atoms with Gasteiger partial charge in [0.1, 0.15) is 5.75 Å². The maximum Gasteiger partial charge on any atom is 0.258 e. The van der Waals surface area contributed by atoms with Crippen molar-refractivity contribution in [1.82, 2.24) is 10.6 Å². The summed E-state index contributed by atoms with van der Waals surface area (Å²) in [7, 11) is 0. The second kappa shape index (κ2) is 8.72. The molecule has 2 amide bonds. The van der Waals surface area contributed by atoms with E-state index in [1.165, 1.54) is 0 Å². The normalized spacial score (nSPS) is 10.1. The molecule has 0 heterocycles. The highest BCUT2D eigenvalue weighted by atomic mass is 16.5. The predicted octanol–water partition coefficient (Wildman–Crippen LogP) is 2.23. The highest BCUT2D eigenvalue weighted by Gasteiger charge is 2.07. The first-order valence-electron chi connectivity index (χ1n) is 7.86. The molecule has 0 saturated heterocycles. The number of nitrogens with one attached hydrogen (secondary N) is 2. The van der Waals surface area contributed by atoms with Gasteiger partial charge in [0.25, 0.3) is 11.8 Å². The van der Waals surface area contributed by atoms with Crippen LogP contribution in [0.3, 0.4) is 0 Å². The summed E-state index contributed by atoms with van der Waals surface area (Å²) in [5.41, 5.74) is 2.70. The number of rotatable bonds is 7. The number of ether oxygens (including phenoxy) is 1. The van der Waals surface area contributed by atoms with Gasteiger partial charge in [-0.1, -0.05) is 35.9 Å². The Labute approximate surface area is 142 Å². The predicted molar refractivity (Wildman–Crippen MR) is 93.2 cm³/mol. The standard InChI is InChI=1S/C19H22N2O3/c1-14-7-9-16(10-8-14)24-13-18(22)20-11-12-21-19(23)17-6-4-3-5-15(17)2/h3-10H,11-13H2,1-2H3,(H,20,22)(H,21,23). The molecule has 2 aromatic carbocycles. The van der Waals surface area contributed by atoms with Gasteiger partial charge in [0, 0.05) is 18.7 Å². The summed E-state index contributed by atoms with van der Waals surface area (Å²) in [4.78, 5) is 23.7. The van der Waals surface area contributed by atoms with Gasteiger partial charge >= 0.3 is 0 Å². The van der Waals surface area contributed by atoms with Crippen LogP contribution in [0.1, 0.15) is 21.5 Å². The van der Waals surface area contributed by atoms with Gasteiger partial charge in [-0.3, -0.25) is 9.59 Å². The summed E-state index contributed by atoms with van der Waals surface area (Å²) < 4.78 is 5.39. The molecule has 0 aromatic heterocycles. The van der Waals surface area contributed by atoms with Crippen molar-refractivity contribution in [1.29, 1.82) is 0 Å². The SMILES string of the molecule is Cc1ccc(OCC(=O)NCCNC(=O)c2ccccc2C)cc1. The number of carbonyl (C=O) groups is 2. The third-order valence-electron chi connectivity index (χ3n) is 3.51. The summed E-state index contributed by atoms with van der Waals surface area (Å²) in [5.74, 6) is 0.294. The van der Waals surface area contributed by atoms with Crippen LogP contribution in [0.2, 0.25) is 0 Å². The van der Waals surface area contributed by atoms with E-state index in [-0.39, 0.29) is 18.4 Å². The van der Waals surface area contributed by atoms with Crippen LogP contribution in [0.25, 0.3) is 0 Å². The van der Waals surface area contributed by atoms with Crippen molar-refractivity contribution in [2.75, 3.05) is 19.7 Å². The van der Waals surface area contributed by atoms with Gasteiger partial charge in [0.05, 0.1) is 0 Å². The van der Waals surface area contributed by atoms with E-state index in [9.17, 15) is 9.59 Å². The highest BCUT2D eigenvalue weighted by Crippen LogP contribution is 2.10. The van der Waals surface area contributed by atoms with Crippen LogP contribution < -0.4 is 15.4 Å². The Hall–Kier alpha value is -2.82. The third-order valence-corrected chi connectivity index (χ3v) is 3.51. The molecule has 2 N–H and O–H groups in total. The Balaban J connectivity index is 1.65. The third kappa shape index (κ3) is 5.43. The number of hydrogen-bond donors (Lipinski definition) is 2. The lowest BCUT2D eigenvalue weighted by molar-refractivity contribution is -0.123. The lowest BCUT2D eigenvalue weighted by Gasteiger charge is -2.09. The van der Waals surface area contributed by atoms with E-state index in [1.807, 2.05) is 56.3 Å². The molecule has 2 rings (SSSR count). The van der Waals surface area contributed by atoms with Gasteiger partial charge < -0.3 is 15.4 Å². The quantitative estimate of drug-likeness (QED) is 0.767. The minimum absolute atomic E-state index is 0.0468. The molecule has 24 heavy (non-hydrogen) atoms. The molecule has 0 aliphatic heterocycles. The Morgan fingerprint density at radius 2 is 1.58 bits per heavy atom. The van der Waals surface area contributed by atoms with Crippen LogP contribution in [-0.4, -0.2) is 31.5 Å². The number of benzene rings is 2. The Morgan fingerprint density at radius 3 is 2.29 bits per heavy atom. The molecule has 0 unspecified atom stereocenters. The highest BCUT2D eigenvalue weighted by molar-refractivity contribution is 5.95. The van der Waals surface area contributed by atoms with Crippen LogP contribution in [0.4, 0.5) is 0 Å². The number of aryl methyl sites for hydroxylation is 2. The second-order valence-electron chi connectivity index (χ2n) is 5.52. The fourth-order valence-electron chi connectivity index (χ4n) is 2.14. The van der Waals surface area contributed by atoms with Crippen molar-refractivity contribution in [2.24, 2.45) is 0 Å². The van der Waals surface area contributed by atoms with Crippen molar-refractivity contribution >= 4 is 11.8 Å². The van der Waals surface area contributed by atoms with E-state index in [2.05, 4.69) is 10.6 Å². The summed E-state index contributed by atoms with van der Waals surface area (Å²) >= 11 is 0. The molecule has 0 saturated carbocycles. The zero-order valence-electron chi connectivity index (χ0n) is 14.0. The Morgan fingerprint density at radius 1 is 0.917 bits per heavy atom. The summed E-state index contributed by atoms with van der Waals surface area (Å²) in [6, 6.07) is 14.9. The number of amides is 2. The van der Waals surface area contributed by atoms with Crippen molar-refractivity contribution in [3.63, 3.8) is 0 Å². The van der Waals surface area contributed by atoms with E-state index in [0.717, 1.165) is 11.1 Å². The molecule has 0 fully saturated rings. The summed E-state index contributed by atoms with van der Waals surface area (Å²) in [6.45, 7) is 4.55. The lowest BCUT2D eigenvalue weighted by Crippen LogP contribution is -2.36. The average molecular weight is 326 g/mol. The molecule has 0 spiro atoms. The van der Waals surface area contributed by atoms with Crippen LogP contribution in [-0.2, 0) is 4.79 Å². The average Bonchev–Trinajstić information content (AvgIpc) is 2.58. The smallest absolute Gasteiger partial charge is 0.258 e. The molecular weight excluding hydrogens is 304 g/mol. The van der Waals surface area contributed by atoms with Crippen LogP contribution in [0.5, 0.6) is 5.75 Å². The molecule has 0 radical (unpaired) electrons. The van der Waals surface area contributed by atoms with Crippen molar-refractivity contribution < 1.29 is 14.3 Å². The van der Waals surface area contributed by atoms with Gasteiger partial charge in [-0.05, 0) is 37.6 Å². The first kappa shape index (κ1) is 17.5. The first-order valence-corrected chi connectivity index (χ1v) is 7.86. The summed E-state index contributed by atoms with van der Waals surface area (Å²) in [6.07, 6.45) is 0. The molecule has 0 aliphatic carbocycles. The molecule has 126 valence electrons. The van der Waals surface area contributed by atoms with Crippen molar-refractivity contribution in [3.05, 3.63) is 65.2 Å². The molecule has 0 aliphatic rings. The van der Waals surface area contributed by atoms with Crippen molar-refractivity contribution in [2.45, 2.75) is 13.8 Å². The van der Waals surface area contributed by atoms with Gasteiger partial charge in [0.15, 0.2) is 6.61 Å². The van der Waals surface area contributed by atoms with E-state index < -0.39 is 0 Å². The first-order chi connectivity index (χ1) is 11.6. The van der Waals surface area contributed by atoms with E-state index in [0.29, 0.717) is 24.4 Å². The van der Waals surface area contributed by atoms with Gasteiger partial charge in [-0.2, -0.15) is 0 Å². The monoisotopic (exact) mass is 326 g/mol. The van der Waals surface area contributed by atoms with Gasteiger partial charge in [0.2, 0.25) is 0 Å². The van der Waals surface area contributed by atoms with Crippen LogP contribution in [0, 0.1) is 13.8 Å². The van der Waals surface area contributed by atoms with E-state index in [4.69, 9.17) is 4.74 Å².